The van der Waals surface area contributed by atoms with Gasteiger partial charge in [0.1, 0.15) is 0 Å². The number of amides is 1. The maximum absolute atomic E-state index is 12.1. The van der Waals surface area contributed by atoms with Gasteiger partial charge < -0.3 is 9.73 Å². The fourth-order valence-electron chi connectivity index (χ4n) is 4.08. The minimum absolute atomic E-state index is 0.104. The van der Waals surface area contributed by atoms with Crippen molar-refractivity contribution in [2.45, 2.75) is 37.3 Å². The van der Waals surface area contributed by atoms with Crippen molar-refractivity contribution in [3.8, 4) is 0 Å². The van der Waals surface area contributed by atoms with Crippen molar-refractivity contribution < 1.29 is 9.21 Å². The van der Waals surface area contributed by atoms with Crippen LogP contribution in [0.25, 0.3) is 0 Å². The monoisotopic (exact) mass is 314 g/mol. The Morgan fingerprint density at radius 3 is 2.91 bits per heavy atom. The zero-order valence-electron chi connectivity index (χ0n) is 13.4. The standard InChI is InChI=1S/C17H22N4O2/c1-20-11-14(9-18-20)15-8-16(22)19-17(15)3-5-21(6-4-17)10-13-2-7-23-12-13/h2,7,9,11-12,15H,3-6,8,10H2,1H3,(H,19,22)/t15-/m0/s1. The van der Waals surface area contributed by atoms with Crippen molar-refractivity contribution in [1.29, 1.82) is 0 Å². The molecule has 4 rings (SSSR count). The topological polar surface area (TPSA) is 63.3 Å². The van der Waals surface area contributed by atoms with Gasteiger partial charge in [0.2, 0.25) is 5.91 Å². The highest BCUT2D eigenvalue weighted by molar-refractivity contribution is 5.81. The number of nitrogens with zero attached hydrogens (tertiary/aromatic N) is 3. The number of aromatic nitrogens is 2. The van der Waals surface area contributed by atoms with Crippen LogP contribution in [0.1, 0.15) is 36.3 Å². The largest absolute Gasteiger partial charge is 0.472 e. The number of hydrogen-bond acceptors (Lipinski definition) is 4. The van der Waals surface area contributed by atoms with Gasteiger partial charge in [0.05, 0.1) is 18.7 Å². The highest BCUT2D eigenvalue weighted by Gasteiger charge is 2.48. The van der Waals surface area contributed by atoms with Crippen LogP contribution in [0, 0.1) is 0 Å². The SMILES string of the molecule is Cn1cc([C@@H]2CC(=O)NC23CCN(Cc2ccoc2)CC3)cn1. The third-order valence-electron chi connectivity index (χ3n) is 5.31. The molecule has 2 saturated heterocycles. The van der Waals surface area contributed by atoms with Gasteiger partial charge in [-0.05, 0) is 24.5 Å². The molecular formula is C17H22N4O2. The van der Waals surface area contributed by atoms with E-state index in [9.17, 15) is 4.79 Å². The van der Waals surface area contributed by atoms with E-state index < -0.39 is 0 Å². The summed E-state index contributed by atoms with van der Waals surface area (Å²) in [6, 6.07) is 2.01. The maximum Gasteiger partial charge on any atom is 0.221 e. The van der Waals surface area contributed by atoms with Crippen LogP contribution in [0.4, 0.5) is 0 Å². The van der Waals surface area contributed by atoms with Crippen LogP contribution in [0.5, 0.6) is 0 Å². The number of piperidine rings is 1. The van der Waals surface area contributed by atoms with Crippen molar-refractivity contribution in [2.75, 3.05) is 13.1 Å². The smallest absolute Gasteiger partial charge is 0.221 e. The van der Waals surface area contributed by atoms with Crippen molar-refractivity contribution in [3.63, 3.8) is 0 Å². The normalized spacial score (nSPS) is 24.2. The molecule has 0 unspecified atom stereocenters. The highest BCUT2D eigenvalue weighted by Crippen LogP contribution is 2.43. The van der Waals surface area contributed by atoms with Crippen LogP contribution < -0.4 is 5.32 Å². The van der Waals surface area contributed by atoms with E-state index >= 15 is 0 Å². The maximum atomic E-state index is 12.1. The van der Waals surface area contributed by atoms with Gasteiger partial charge in [0, 0.05) is 56.3 Å². The second-order valence-corrected chi connectivity index (χ2v) is 6.82. The minimum atomic E-state index is -0.104. The Bertz CT molecular complexity index is 683. The fourth-order valence-corrected chi connectivity index (χ4v) is 4.08. The lowest BCUT2D eigenvalue weighted by Gasteiger charge is -2.42. The van der Waals surface area contributed by atoms with E-state index in [0.717, 1.165) is 32.5 Å². The van der Waals surface area contributed by atoms with Gasteiger partial charge in [-0.25, -0.2) is 0 Å². The molecule has 0 saturated carbocycles. The van der Waals surface area contributed by atoms with Crippen LogP contribution in [0.15, 0.2) is 35.4 Å². The molecule has 6 heteroatoms. The summed E-state index contributed by atoms with van der Waals surface area (Å²) in [6.07, 6.45) is 10.0. The molecule has 0 radical (unpaired) electrons. The first-order valence-electron chi connectivity index (χ1n) is 8.18. The van der Waals surface area contributed by atoms with E-state index in [1.165, 1.54) is 11.1 Å². The van der Waals surface area contributed by atoms with E-state index in [0.29, 0.717) is 6.42 Å². The first kappa shape index (κ1) is 14.5. The number of nitrogens with one attached hydrogen (secondary N) is 1. The summed E-state index contributed by atoms with van der Waals surface area (Å²) in [5.41, 5.74) is 2.28. The van der Waals surface area contributed by atoms with E-state index in [4.69, 9.17) is 4.42 Å². The summed E-state index contributed by atoms with van der Waals surface area (Å²) in [5.74, 6) is 0.405. The van der Waals surface area contributed by atoms with Crippen LogP contribution in [0.2, 0.25) is 0 Å². The molecule has 2 aliphatic rings. The highest BCUT2D eigenvalue weighted by atomic mass is 16.3. The molecule has 23 heavy (non-hydrogen) atoms. The second-order valence-electron chi connectivity index (χ2n) is 6.82. The lowest BCUT2D eigenvalue weighted by molar-refractivity contribution is -0.120. The van der Waals surface area contributed by atoms with Gasteiger partial charge in [-0.2, -0.15) is 5.10 Å². The Balaban J connectivity index is 1.48. The summed E-state index contributed by atoms with van der Waals surface area (Å²) in [6.45, 7) is 2.89. The van der Waals surface area contributed by atoms with E-state index in [1.54, 1.807) is 12.5 Å². The number of furan rings is 1. The third-order valence-corrected chi connectivity index (χ3v) is 5.31. The van der Waals surface area contributed by atoms with Crippen molar-refractivity contribution in [3.05, 3.63) is 42.1 Å². The van der Waals surface area contributed by atoms with Gasteiger partial charge in [0.15, 0.2) is 0 Å². The first-order chi connectivity index (χ1) is 11.1. The number of hydrogen-bond donors (Lipinski definition) is 1. The Hall–Kier alpha value is -2.08. The molecule has 2 aliphatic heterocycles. The third kappa shape index (κ3) is 2.67. The number of carbonyl (C=O) groups excluding carboxylic acids is 1. The van der Waals surface area contributed by atoms with Crippen LogP contribution in [-0.2, 0) is 18.4 Å². The van der Waals surface area contributed by atoms with Gasteiger partial charge in [-0.1, -0.05) is 0 Å². The predicted octanol–water partition coefficient (Wildman–Crippen LogP) is 1.65. The average Bonchev–Trinajstić information content (AvgIpc) is 3.24. The molecule has 0 aliphatic carbocycles. The number of carbonyl (C=O) groups is 1. The first-order valence-corrected chi connectivity index (χ1v) is 8.18. The van der Waals surface area contributed by atoms with Gasteiger partial charge >= 0.3 is 0 Å². The molecule has 2 aromatic heterocycles. The molecule has 2 fully saturated rings. The van der Waals surface area contributed by atoms with Crippen molar-refractivity contribution in [2.24, 2.45) is 7.05 Å². The fraction of sp³-hybridized carbons (Fsp3) is 0.529. The number of aryl methyl sites for hydroxylation is 1. The van der Waals surface area contributed by atoms with Crippen molar-refractivity contribution >= 4 is 5.91 Å². The van der Waals surface area contributed by atoms with Crippen LogP contribution in [0.3, 0.4) is 0 Å². The molecule has 1 atom stereocenters. The molecular weight excluding hydrogens is 292 g/mol. The molecule has 2 aromatic rings. The summed E-state index contributed by atoms with van der Waals surface area (Å²) in [7, 11) is 1.92. The molecule has 6 nitrogen and oxygen atoms in total. The summed E-state index contributed by atoms with van der Waals surface area (Å²) < 4.78 is 6.97. The predicted molar refractivity (Wildman–Crippen MR) is 84.7 cm³/mol. The minimum Gasteiger partial charge on any atom is -0.472 e. The Kier molecular flexibility index (Phi) is 3.49. The Morgan fingerprint density at radius 2 is 2.26 bits per heavy atom. The van der Waals surface area contributed by atoms with Gasteiger partial charge in [-0.3, -0.25) is 14.4 Å². The van der Waals surface area contributed by atoms with Crippen molar-refractivity contribution in [1.82, 2.24) is 20.0 Å². The van der Waals surface area contributed by atoms with E-state index in [2.05, 4.69) is 15.3 Å². The zero-order valence-corrected chi connectivity index (χ0v) is 13.4. The van der Waals surface area contributed by atoms with Gasteiger partial charge in [0.25, 0.3) is 0 Å². The second kappa shape index (κ2) is 5.53. The van der Waals surface area contributed by atoms with Gasteiger partial charge in [-0.15, -0.1) is 0 Å². The molecule has 1 amide bonds. The summed E-state index contributed by atoms with van der Waals surface area (Å²) in [4.78, 5) is 14.5. The Labute approximate surface area is 135 Å². The summed E-state index contributed by atoms with van der Waals surface area (Å²) >= 11 is 0. The lowest BCUT2D eigenvalue weighted by Crippen LogP contribution is -2.53. The summed E-state index contributed by atoms with van der Waals surface area (Å²) in [5, 5.41) is 7.57. The molecule has 1 spiro atoms. The van der Waals surface area contributed by atoms with Crippen LogP contribution >= 0.6 is 0 Å². The van der Waals surface area contributed by atoms with E-state index in [1.807, 2.05) is 30.2 Å². The molecule has 0 aromatic carbocycles. The molecule has 122 valence electrons. The quantitative estimate of drug-likeness (QED) is 0.936. The molecule has 0 bridgehead atoms. The number of rotatable bonds is 3. The molecule has 1 N–H and O–H groups in total. The average molecular weight is 314 g/mol. The van der Waals surface area contributed by atoms with Crippen LogP contribution in [-0.4, -0.2) is 39.2 Å². The Morgan fingerprint density at radius 1 is 1.43 bits per heavy atom. The lowest BCUT2D eigenvalue weighted by atomic mass is 9.75. The number of likely N-dealkylation sites (tertiary alicyclic amines) is 1. The zero-order chi connectivity index (χ0) is 15.9. The molecule has 4 heterocycles. The van der Waals surface area contributed by atoms with E-state index in [-0.39, 0.29) is 17.4 Å².